The average molecular weight is 565 g/mol. The third-order valence-electron chi connectivity index (χ3n) is 7.22. The summed E-state index contributed by atoms with van der Waals surface area (Å²) >= 11 is 0. The monoisotopic (exact) mass is 564 g/mol. The van der Waals surface area contributed by atoms with Crippen LogP contribution in [-0.4, -0.2) is 70.7 Å². The molecule has 0 bridgehead atoms. The van der Waals surface area contributed by atoms with Crippen molar-refractivity contribution in [3.8, 4) is 0 Å². The minimum absolute atomic E-state index is 0.0425. The first kappa shape index (κ1) is 27.6. The van der Waals surface area contributed by atoms with Crippen LogP contribution >= 0.6 is 0 Å². The van der Waals surface area contributed by atoms with Crippen molar-refractivity contribution in [1.82, 2.24) is 29.2 Å². The van der Waals surface area contributed by atoms with Gasteiger partial charge in [0.2, 0.25) is 10.0 Å². The first-order chi connectivity index (χ1) is 19.5. The molecule has 5 heterocycles. The normalized spacial score (nSPS) is 16.5. The molecule has 1 saturated heterocycles. The Morgan fingerprint density at radius 1 is 1.07 bits per heavy atom. The number of hydrogen-bond acceptors (Lipinski definition) is 10. The quantitative estimate of drug-likeness (QED) is 0.284. The van der Waals surface area contributed by atoms with Gasteiger partial charge in [0.25, 0.3) is 0 Å². The molecule has 6 rings (SSSR count). The predicted molar refractivity (Wildman–Crippen MR) is 150 cm³/mol. The molecule has 3 aromatic heterocycles. The molecule has 0 saturated carbocycles. The van der Waals surface area contributed by atoms with E-state index >= 15 is 0 Å². The summed E-state index contributed by atoms with van der Waals surface area (Å²) in [5.74, 6) is 2.17. The van der Waals surface area contributed by atoms with Gasteiger partial charge in [-0.2, -0.15) is 4.72 Å². The van der Waals surface area contributed by atoms with Crippen LogP contribution in [0.3, 0.4) is 0 Å². The number of aromatic nitrogens is 5. The number of imidazole rings is 1. The third kappa shape index (κ3) is 5.81. The van der Waals surface area contributed by atoms with Crippen molar-refractivity contribution < 1.29 is 18.3 Å². The summed E-state index contributed by atoms with van der Waals surface area (Å²) in [5, 5.41) is 13.9. The number of pyridine rings is 1. The molecule has 0 aliphatic carbocycles. The number of anilines is 2. The number of carbonyl (C=O) groups excluding carboxylic acids is 1. The Balaban J connectivity index is 0.00000158. The number of rotatable bonds is 7. The number of nitrogens with zero attached hydrogens (tertiary/aromatic N) is 6. The number of benzene rings is 1. The zero-order chi connectivity index (χ0) is 28.1. The molecule has 210 valence electrons. The summed E-state index contributed by atoms with van der Waals surface area (Å²) in [7, 11) is -3.86. The maximum atomic E-state index is 12.6. The Morgan fingerprint density at radius 3 is 2.62 bits per heavy atom. The van der Waals surface area contributed by atoms with E-state index in [4.69, 9.17) is 9.78 Å². The number of carbonyl (C=O) groups is 1. The van der Waals surface area contributed by atoms with Gasteiger partial charge < -0.3 is 24.7 Å². The van der Waals surface area contributed by atoms with Gasteiger partial charge in [-0.15, -0.1) is 0 Å². The first-order valence-corrected chi connectivity index (χ1v) is 14.6. The third-order valence-corrected chi connectivity index (χ3v) is 8.70. The Kier molecular flexibility index (Phi) is 8.33. The molecule has 40 heavy (non-hydrogen) atoms. The van der Waals surface area contributed by atoms with Gasteiger partial charge in [-0.05, 0) is 49.4 Å². The maximum Gasteiger partial charge on any atom is 0.242 e. The molecule has 4 aromatic rings. The Labute approximate surface area is 232 Å². The second-order valence-corrected chi connectivity index (χ2v) is 11.5. The first-order valence-electron chi connectivity index (χ1n) is 13.2. The van der Waals surface area contributed by atoms with Crippen molar-refractivity contribution in [3.05, 3.63) is 66.4 Å². The minimum atomic E-state index is -3.86. The fourth-order valence-corrected chi connectivity index (χ4v) is 6.35. The van der Waals surface area contributed by atoms with Crippen LogP contribution in [0.25, 0.3) is 11.2 Å². The summed E-state index contributed by atoms with van der Waals surface area (Å²) in [4.78, 5) is 28.6. The Hall–Kier alpha value is -3.94. The van der Waals surface area contributed by atoms with Crippen LogP contribution in [-0.2, 0) is 27.8 Å². The van der Waals surface area contributed by atoms with Gasteiger partial charge in [-0.1, -0.05) is 24.3 Å². The molecule has 3 N–H and O–H groups in total. The van der Waals surface area contributed by atoms with E-state index in [1.165, 1.54) is 24.0 Å². The van der Waals surface area contributed by atoms with Crippen molar-refractivity contribution in [3.63, 3.8) is 0 Å². The number of piperidine rings is 1. The molecule has 12 nitrogen and oxygen atoms in total. The number of aliphatic hydroxyl groups is 1. The van der Waals surface area contributed by atoms with Crippen LogP contribution in [0.4, 0.5) is 11.6 Å². The molecule has 2 aliphatic heterocycles. The van der Waals surface area contributed by atoms with Crippen LogP contribution in [0.2, 0.25) is 0 Å². The largest absolute Gasteiger partial charge is 0.376 e. The lowest BCUT2D eigenvalue weighted by Crippen LogP contribution is -2.37. The lowest BCUT2D eigenvalue weighted by Gasteiger charge is -2.33. The molecule has 0 spiro atoms. The highest BCUT2D eigenvalue weighted by molar-refractivity contribution is 7.89. The average Bonchev–Trinajstić information content (AvgIpc) is 3.41. The number of aliphatic hydroxyl groups excluding tert-OH is 1. The van der Waals surface area contributed by atoms with Crippen LogP contribution in [0.15, 0.2) is 60.0 Å². The second-order valence-electron chi connectivity index (χ2n) is 9.75. The highest BCUT2D eigenvalue weighted by Gasteiger charge is 2.26. The van der Waals surface area contributed by atoms with Crippen LogP contribution in [0, 0.1) is 0 Å². The van der Waals surface area contributed by atoms with E-state index in [0.717, 1.165) is 62.6 Å². The minimum Gasteiger partial charge on any atom is -0.376 e. The van der Waals surface area contributed by atoms with Gasteiger partial charge in [0, 0.05) is 31.2 Å². The Bertz CT molecular complexity index is 1560. The molecule has 13 heteroatoms. The zero-order valence-corrected chi connectivity index (χ0v) is 22.8. The van der Waals surface area contributed by atoms with Crippen LogP contribution < -0.4 is 14.9 Å². The van der Waals surface area contributed by atoms with Gasteiger partial charge >= 0.3 is 0 Å². The van der Waals surface area contributed by atoms with Gasteiger partial charge in [0.05, 0.1) is 17.8 Å². The van der Waals surface area contributed by atoms with Crippen molar-refractivity contribution in [2.75, 3.05) is 29.9 Å². The number of hydrogen-bond donors (Lipinski definition) is 3. The smallest absolute Gasteiger partial charge is 0.242 e. The molecule has 0 radical (unpaired) electrons. The van der Waals surface area contributed by atoms with Crippen molar-refractivity contribution in [2.24, 2.45) is 0 Å². The lowest BCUT2D eigenvalue weighted by atomic mass is 9.92. The molecular weight excluding hydrogens is 532 g/mol. The summed E-state index contributed by atoms with van der Waals surface area (Å²) in [5.41, 5.74) is 3.61. The van der Waals surface area contributed by atoms with Crippen LogP contribution in [0.1, 0.15) is 36.4 Å². The van der Waals surface area contributed by atoms with Gasteiger partial charge in [0.1, 0.15) is 25.2 Å². The number of nitrogens with one attached hydrogen (secondary N) is 2. The van der Waals surface area contributed by atoms with E-state index in [2.05, 4.69) is 42.0 Å². The van der Waals surface area contributed by atoms with Crippen molar-refractivity contribution in [2.45, 2.75) is 49.3 Å². The lowest BCUT2D eigenvalue weighted by molar-refractivity contribution is -0.0980. The van der Waals surface area contributed by atoms with E-state index in [-0.39, 0.29) is 11.4 Å². The molecular formula is C27H32N8O4S. The molecule has 1 unspecified atom stereocenters. The standard InChI is InChI=1S/C26H30N8O3S.CH2O/c35-22(32-38(36,37)20-6-2-1-3-7-20)15-34-17-30-23-25(28-16-29-26(23)34)33-13-10-18(11-14-33)21-9-8-19-5-4-12-27-24(19)31-21;1-2/h1-3,6-9,16-18,22,32,35H,4-5,10-15H2,(H,27,31);1H2. The number of fused-ring (bicyclic) bond motifs is 2. The van der Waals surface area contributed by atoms with Crippen LogP contribution in [0.5, 0.6) is 0 Å². The summed E-state index contributed by atoms with van der Waals surface area (Å²) < 4.78 is 29.1. The van der Waals surface area contributed by atoms with E-state index in [9.17, 15) is 13.5 Å². The topological polar surface area (TPSA) is 155 Å². The van der Waals surface area contributed by atoms with Gasteiger partial charge in [-0.25, -0.2) is 28.4 Å². The molecule has 0 amide bonds. The summed E-state index contributed by atoms with van der Waals surface area (Å²) in [6.07, 6.45) is 5.83. The van der Waals surface area contributed by atoms with Gasteiger partial charge in [-0.3, -0.25) is 0 Å². The maximum absolute atomic E-state index is 12.6. The van der Waals surface area contributed by atoms with E-state index < -0.39 is 16.3 Å². The second kappa shape index (κ2) is 12.1. The molecule has 1 fully saturated rings. The SMILES string of the molecule is C=O.O=S(=O)(NC(O)Cn1cnc2c(N3CCC(c4ccc5c(n4)NCCC5)CC3)ncnc21)c1ccccc1. The van der Waals surface area contributed by atoms with E-state index in [1.807, 2.05) is 6.79 Å². The molecule has 1 atom stereocenters. The Morgan fingerprint density at radius 2 is 1.85 bits per heavy atom. The molecule has 2 aliphatic rings. The predicted octanol–water partition coefficient (Wildman–Crippen LogP) is 2.08. The summed E-state index contributed by atoms with van der Waals surface area (Å²) in [6.45, 7) is 4.57. The molecule has 1 aromatic carbocycles. The van der Waals surface area contributed by atoms with Crippen molar-refractivity contribution >= 4 is 39.6 Å². The van der Waals surface area contributed by atoms with Crippen molar-refractivity contribution in [1.29, 1.82) is 0 Å². The fraction of sp³-hybridized carbons (Fsp3) is 0.370. The summed E-state index contributed by atoms with van der Waals surface area (Å²) in [6, 6.07) is 12.3. The number of aryl methyl sites for hydroxylation is 1. The van der Waals surface area contributed by atoms with E-state index in [0.29, 0.717) is 17.1 Å². The highest BCUT2D eigenvalue weighted by atomic mass is 32.2. The fourth-order valence-electron chi connectivity index (χ4n) is 5.26. The van der Waals surface area contributed by atoms with E-state index in [1.54, 1.807) is 29.1 Å². The van der Waals surface area contributed by atoms with Gasteiger partial charge in [0.15, 0.2) is 17.0 Å². The zero-order valence-electron chi connectivity index (χ0n) is 22.0. The highest BCUT2D eigenvalue weighted by Crippen LogP contribution is 2.32. The number of sulfonamides is 1.